The molecule has 0 radical (unpaired) electrons. The van der Waals surface area contributed by atoms with Gasteiger partial charge in [-0.15, -0.1) is 0 Å². The summed E-state index contributed by atoms with van der Waals surface area (Å²) >= 11 is 14.5. The van der Waals surface area contributed by atoms with Crippen LogP contribution in [0, 0.1) is 0 Å². The minimum absolute atomic E-state index is 0.0676. The summed E-state index contributed by atoms with van der Waals surface area (Å²) in [6.07, 6.45) is 2.76. The van der Waals surface area contributed by atoms with Gasteiger partial charge in [-0.1, -0.05) is 77.4 Å². The minimum Gasteiger partial charge on any atom is -0.491 e. The van der Waals surface area contributed by atoms with Gasteiger partial charge in [-0.05, 0) is 60.2 Å². The van der Waals surface area contributed by atoms with Gasteiger partial charge < -0.3 is 33.6 Å². The van der Waals surface area contributed by atoms with Gasteiger partial charge in [0.25, 0.3) is 0 Å². The van der Waals surface area contributed by atoms with E-state index in [1.807, 2.05) is 24.3 Å². The lowest BCUT2D eigenvalue weighted by atomic mass is 10.1. The molecule has 14 heteroatoms. The molecular formula is C40H41Cl2N7O4S. The fourth-order valence-electron chi connectivity index (χ4n) is 6.96. The summed E-state index contributed by atoms with van der Waals surface area (Å²) in [4.78, 5) is 16.3. The van der Waals surface area contributed by atoms with Crippen LogP contribution in [0.25, 0.3) is 0 Å². The number of aromatic nitrogens is 3. The van der Waals surface area contributed by atoms with Gasteiger partial charge in [0.15, 0.2) is 5.17 Å². The molecule has 0 spiro atoms. The number of amidine groups is 1. The van der Waals surface area contributed by atoms with E-state index >= 15 is 0 Å². The van der Waals surface area contributed by atoms with E-state index in [2.05, 4.69) is 85.4 Å². The van der Waals surface area contributed by atoms with Crippen LogP contribution >= 0.6 is 35.0 Å². The molecule has 1 aromatic heterocycles. The third-order valence-electron chi connectivity index (χ3n) is 9.73. The first-order chi connectivity index (χ1) is 26.4. The van der Waals surface area contributed by atoms with E-state index in [0.29, 0.717) is 28.8 Å². The van der Waals surface area contributed by atoms with Crippen LogP contribution in [0.15, 0.2) is 115 Å². The summed E-state index contributed by atoms with van der Waals surface area (Å²) < 4.78 is 26.3. The predicted molar refractivity (Wildman–Crippen MR) is 214 cm³/mol. The van der Waals surface area contributed by atoms with Gasteiger partial charge in [-0.2, -0.15) is 5.10 Å². The summed E-state index contributed by atoms with van der Waals surface area (Å²) in [6.45, 7) is 6.15. The van der Waals surface area contributed by atoms with Crippen molar-refractivity contribution in [3.8, 4) is 5.75 Å². The molecule has 3 fully saturated rings. The number of aliphatic imine (C=N–C) groups is 1. The quantitative estimate of drug-likeness (QED) is 0.127. The monoisotopic (exact) mass is 785 g/mol. The largest absolute Gasteiger partial charge is 0.491 e. The number of benzene rings is 4. The molecule has 4 heterocycles. The normalized spacial score (nSPS) is 22.4. The summed E-state index contributed by atoms with van der Waals surface area (Å²) in [7, 11) is 1.76. The SMILES string of the molecule is COC1CN(Cc2ccccc2)C(=Nc2cccc(N3CCN(c4ccc(OCC5COC(Cn6cncn6)(c6ccc(Cl)cc6Cl)O5)cc4)CC3)c2)S1. The van der Waals surface area contributed by atoms with Crippen molar-refractivity contribution in [3.05, 3.63) is 131 Å². The number of methoxy groups -OCH3 is 1. The van der Waals surface area contributed by atoms with Crippen LogP contribution in [0.4, 0.5) is 17.1 Å². The third-order valence-corrected chi connectivity index (χ3v) is 11.4. The second-order valence-electron chi connectivity index (χ2n) is 13.4. The zero-order valence-electron chi connectivity index (χ0n) is 29.8. The van der Waals surface area contributed by atoms with Gasteiger partial charge in [0.1, 0.15) is 43.1 Å². The van der Waals surface area contributed by atoms with Crippen molar-refractivity contribution >= 4 is 57.2 Å². The van der Waals surface area contributed by atoms with Crippen LogP contribution in [-0.4, -0.2) is 89.4 Å². The fraction of sp³-hybridized carbons (Fsp3) is 0.325. The van der Waals surface area contributed by atoms with Crippen molar-refractivity contribution in [2.24, 2.45) is 4.99 Å². The zero-order valence-corrected chi connectivity index (χ0v) is 32.2. The Bertz CT molecular complexity index is 2030. The molecule has 0 saturated carbocycles. The van der Waals surface area contributed by atoms with E-state index in [9.17, 15) is 0 Å². The Hall–Kier alpha value is -4.30. The number of ether oxygens (including phenoxy) is 4. The Morgan fingerprint density at radius 1 is 0.907 bits per heavy atom. The van der Waals surface area contributed by atoms with Crippen LogP contribution in [0.1, 0.15) is 11.1 Å². The molecule has 280 valence electrons. The zero-order chi connectivity index (χ0) is 36.9. The molecule has 3 atom stereocenters. The maximum absolute atomic E-state index is 6.61. The second-order valence-corrected chi connectivity index (χ2v) is 15.3. The highest BCUT2D eigenvalue weighted by Crippen LogP contribution is 2.41. The molecule has 54 heavy (non-hydrogen) atoms. The van der Waals surface area contributed by atoms with Crippen molar-refractivity contribution < 1.29 is 18.9 Å². The van der Waals surface area contributed by atoms with Crippen LogP contribution in [0.5, 0.6) is 5.75 Å². The molecule has 3 aliphatic heterocycles. The van der Waals surface area contributed by atoms with Gasteiger partial charge in [-0.3, -0.25) is 0 Å². The number of hydrogen-bond donors (Lipinski definition) is 0. The van der Waals surface area contributed by atoms with E-state index in [-0.39, 0.29) is 18.1 Å². The Kier molecular flexibility index (Phi) is 11.3. The fourth-order valence-corrected chi connectivity index (χ4v) is 8.54. The minimum atomic E-state index is -1.16. The third kappa shape index (κ3) is 8.49. The second kappa shape index (κ2) is 16.6. The summed E-state index contributed by atoms with van der Waals surface area (Å²) in [6, 6.07) is 32.6. The van der Waals surface area contributed by atoms with Crippen molar-refractivity contribution in [3.63, 3.8) is 0 Å². The van der Waals surface area contributed by atoms with Crippen molar-refractivity contribution in [1.29, 1.82) is 0 Å². The van der Waals surface area contributed by atoms with E-state index < -0.39 is 5.79 Å². The molecule has 4 aromatic carbocycles. The molecular weight excluding hydrogens is 745 g/mol. The molecule has 0 aliphatic carbocycles. The number of halogens is 2. The van der Waals surface area contributed by atoms with E-state index in [1.54, 1.807) is 42.0 Å². The standard InChI is InChI=1S/C40H41Cl2N7O4S/c1-50-38-23-48(22-29-6-3-2-4-7-29)39(54-38)45-31-8-5-9-33(21-31)47-18-16-46(17-19-47)32-11-13-34(14-12-32)51-24-35-25-52-40(53-35,26-49-28-43-27-44-49)36-15-10-30(41)20-37(36)42/h2-15,20-21,27-28,35,38H,16-19,22-26H2,1H3. The Morgan fingerprint density at radius 3 is 2.44 bits per heavy atom. The molecule has 3 aliphatic rings. The first-order valence-electron chi connectivity index (χ1n) is 17.9. The van der Waals surface area contributed by atoms with E-state index in [1.165, 1.54) is 17.6 Å². The lowest BCUT2D eigenvalue weighted by Gasteiger charge is -2.37. The maximum Gasteiger partial charge on any atom is 0.217 e. The highest BCUT2D eigenvalue weighted by Gasteiger charge is 2.45. The van der Waals surface area contributed by atoms with Gasteiger partial charge in [-0.25, -0.2) is 14.7 Å². The smallest absolute Gasteiger partial charge is 0.217 e. The molecule has 11 nitrogen and oxygen atoms in total. The first kappa shape index (κ1) is 36.7. The Labute approximate surface area is 329 Å². The highest BCUT2D eigenvalue weighted by atomic mass is 35.5. The van der Waals surface area contributed by atoms with Crippen LogP contribution in [-0.2, 0) is 33.1 Å². The lowest BCUT2D eigenvalue weighted by molar-refractivity contribution is -0.190. The molecule has 0 N–H and O–H groups in total. The van der Waals surface area contributed by atoms with Crippen molar-refractivity contribution in [2.45, 2.75) is 30.4 Å². The summed E-state index contributed by atoms with van der Waals surface area (Å²) in [5.74, 6) is -0.394. The van der Waals surface area contributed by atoms with Crippen molar-refractivity contribution in [2.75, 3.05) is 62.8 Å². The van der Waals surface area contributed by atoms with Gasteiger partial charge in [0, 0.05) is 61.8 Å². The van der Waals surface area contributed by atoms with Gasteiger partial charge in [0.05, 0.1) is 23.9 Å². The average Bonchev–Trinajstić information content (AvgIpc) is 3.96. The van der Waals surface area contributed by atoms with E-state index in [4.69, 9.17) is 47.1 Å². The van der Waals surface area contributed by atoms with Gasteiger partial charge in [0.2, 0.25) is 5.79 Å². The van der Waals surface area contributed by atoms with Crippen molar-refractivity contribution in [1.82, 2.24) is 19.7 Å². The van der Waals surface area contributed by atoms with Crippen LogP contribution in [0.2, 0.25) is 10.0 Å². The maximum atomic E-state index is 6.61. The molecule has 8 rings (SSSR count). The van der Waals surface area contributed by atoms with Crippen LogP contribution < -0.4 is 14.5 Å². The topological polar surface area (TPSA) is 89.7 Å². The number of nitrogens with zero attached hydrogens (tertiary/aromatic N) is 7. The number of hydrogen-bond acceptors (Lipinski definition) is 10. The predicted octanol–water partition coefficient (Wildman–Crippen LogP) is 7.47. The molecule has 3 unspecified atom stereocenters. The summed E-state index contributed by atoms with van der Waals surface area (Å²) in [5.41, 5.74) is 5.30. The van der Waals surface area contributed by atoms with Gasteiger partial charge >= 0.3 is 0 Å². The highest BCUT2D eigenvalue weighted by molar-refractivity contribution is 8.14. The molecule has 0 amide bonds. The number of anilines is 2. The average molecular weight is 787 g/mol. The molecule has 3 saturated heterocycles. The van der Waals surface area contributed by atoms with E-state index in [0.717, 1.165) is 61.6 Å². The van der Waals surface area contributed by atoms with Crippen LogP contribution in [0.3, 0.4) is 0 Å². The number of piperazine rings is 1. The molecule has 5 aromatic rings. The molecule has 0 bridgehead atoms. The lowest BCUT2D eigenvalue weighted by Crippen LogP contribution is -2.46. The number of thioether (sulfide) groups is 1. The Balaban J connectivity index is 0.854. The first-order valence-corrected chi connectivity index (χ1v) is 19.6. The summed E-state index contributed by atoms with van der Waals surface area (Å²) in [5, 5.41) is 6.22. The number of rotatable bonds is 12. The Morgan fingerprint density at radius 2 is 1.70 bits per heavy atom.